The molecule has 0 saturated carbocycles. The molecule has 3 heteroatoms. The van der Waals surface area contributed by atoms with Gasteiger partial charge in [-0.2, -0.15) is 0 Å². The Morgan fingerprint density at radius 1 is 1.19 bits per heavy atom. The van der Waals surface area contributed by atoms with Crippen LogP contribution >= 0.6 is 0 Å². The quantitative estimate of drug-likeness (QED) is 0.648. The van der Waals surface area contributed by atoms with Crippen LogP contribution in [0.5, 0.6) is 0 Å². The molecule has 0 saturated heterocycles. The van der Waals surface area contributed by atoms with E-state index in [-0.39, 0.29) is 11.9 Å². The standard InChI is InChI=1S/C18H25N3/c1-6-7-12-20-18(19)21-17(13(2)3)15(5)16-10-8-14(4)9-11-16/h6-13H,1-5H3,(H2,19,21)/b7-6-,17-15+,20-12-. The number of aryl methyl sites for hydroxylation is 1. The summed E-state index contributed by atoms with van der Waals surface area (Å²) in [6, 6.07) is 8.44. The van der Waals surface area contributed by atoms with Crippen LogP contribution in [0.1, 0.15) is 38.8 Å². The van der Waals surface area contributed by atoms with Crippen LogP contribution in [0.4, 0.5) is 0 Å². The van der Waals surface area contributed by atoms with Crippen molar-refractivity contribution in [3.8, 4) is 0 Å². The number of guanidine groups is 1. The molecule has 21 heavy (non-hydrogen) atoms. The van der Waals surface area contributed by atoms with Gasteiger partial charge in [0.1, 0.15) is 0 Å². The number of aliphatic imine (C=N–C) groups is 2. The summed E-state index contributed by atoms with van der Waals surface area (Å²) in [7, 11) is 0. The highest BCUT2D eigenvalue weighted by Crippen LogP contribution is 2.25. The number of allylic oxidation sites excluding steroid dienone is 4. The van der Waals surface area contributed by atoms with Crippen LogP contribution in [0.3, 0.4) is 0 Å². The molecule has 2 N–H and O–H groups in total. The monoisotopic (exact) mass is 283 g/mol. The molecule has 0 heterocycles. The van der Waals surface area contributed by atoms with Crippen molar-refractivity contribution in [3.63, 3.8) is 0 Å². The fraction of sp³-hybridized carbons (Fsp3) is 0.333. The zero-order valence-corrected chi connectivity index (χ0v) is 13.6. The zero-order valence-electron chi connectivity index (χ0n) is 13.6. The van der Waals surface area contributed by atoms with Gasteiger partial charge in [-0.25, -0.2) is 9.98 Å². The summed E-state index contributed by atoms with van der Waals surface area (Å²) < 4.78 is 0. The van der Waals surface area contributed by atoms with E-state index in [2.05, 4.69) is 61.9 Å². The summed E-state index contributed by atoms with van der Waals surface area (Å²) in [6.07, 6.45) is 5.37. The van der Waals surface area contributed by atoms with Crippen LogP contribution in [0.15, 0.2) is 52.1 Å². The molecule has 1 rings (SSSR count). The van der Waals surface area contributed by atoms with E-state index in [1.54, 1.807) is 6.21 Å². The van der Waals surface area contributed by atoms with Gasteiger partial charge >= 0.3 is 0 Å². The number of nitrogens with two attached hydrogens (primary N) is 1. The summed E-state index contributed by atoms with van der Waals surface area (Å²) in [6.45, 7) is 10.3. The zero-order chi connectivity index (χ0) is 15.8. The summed E-state index contributed by atoms with van der Waals surface area (Å²) in [4.78, 5) is 8.60. The second-order valence-electron chi connectivity index (χ2n) is 5.30. The maximum Gasteiger partial charge on any atom is 0.220 e. The predicted molar refractivity (Wildman–Crippen MR) is 93.5 cm³/mol. The molecule has 1 aromatic rings. The van der Waals surface area contributed by atoms with E-state index < -0.39 is 0 Å². The van der Waals surface area contributed by atoms with Crippen LogP contribution in [0.2, 0.25) is 0 Å². The molecule has 0 unspecified atom stereocenters. The Morgan fingerprint density at radius 2 is 1.81 bits per heavy atom. The van der Waals surface area contributed by atoms with Crippen LogP contribution in [0, 0.1) is 12.8 Å². The minimum atomic E-state index is 0.279. The first kappa shape index (κ1) is 16.9. The first-order valence-corrected chi connectivity index (χ1v) is 7.23. The number of nitrogens with zero attached hydrogens (tertiary/aromatic N) is 2. The third-order valence-electron chi connectivity index (χ3n) is 3.14. The van der Waals surface area contributed by atoms with Crippen LogP contribution in [0.25, 0.3) is 5.57 Å². The third kappa shape index (κ3) is 5.38. The molecular weight excluding hydrogens is 258 g/mol. The molecular formula is C18H25N3. The van der Waals surface area contributed by atoms with Crippen molar-refractivity contribution in [1.82, 2.24) is 0 Å². The van der Waals surface area contributed by atoms with Gasteiger partial charge in [0.25, 0.3) is 0 Å². The Labute approximate surface area is 128 Å². The summed E-state index contributed by atoms with van der Waals surface area (Å²) in [5, 5.41) is 0. The molecule has 3 nitrogen and oxygen atoms in total. The predicted octanol–water partition coefficient (Wildman–Crippen LogP) is 4.34. The Bertz CT molecular complexity index is 573. The van der Waals surface area contributed by atoms with Gasteiger partial charge in [0.15, 0.2) is 0 Å². The maximum absolute atomic E-state index is 5.88. The fourth-order valence-electron chi connectivity index (χ4n) is 1.96. The molecule has 0 atom stereocenters. The van der Waals surface area contributed by atoms with Crippen molar-refractivity contribution in [3.05, 3.63) is 53.2 Å². The molecule has 1 aromatic carbocycles. The SMILES string of the molecule is C\C=C/C=N\C(N)=N\C(=C(/C)c1ccc(C)cc1)C(C)C. The van der Waals surface area contributed by atoms with E-state index in [1.807, 2.05) is 19.1 Å². The third-order valence-corrected chi connectivity index (χ3v) is 3.14. The molecule has 0 aliphatic rings. The van der Waals surface area contributed by atoms with Crippen molar-refractivity contribution in [1.29, 1.82) is 0 Å². The minimum absolute atomic E-state index is 0.279. The lowest BCUT2D eigenvalue weighted by atomic mass is 9.99. The van der Waals surface area contributed by atoms with Crippen molar-refractivity contribution in [2.45, 2.75) is 34.6 Å². The van der Waals surface area contributed by atoms with Gasteiger partial charge in [0, 0.05) is 6.21 Å². The van der Waals surface area contributed by atoms with Crippen molar-refractivity contribution < 1.29 is 0 Å². The second-order valence-corrected chi connectivity index (χ2v) is 5.30. The first-order chi connectivity index (χ1) is 9.95. The first-order valence-electron chi connectivity index (χ1n) is 7.23. The highest BCUT2D eigenvalue weighted by molar-refractivity contribution is 5.90. The van der Waals surface area contributed by atoms with Crippen molar-refractivity contribution in [2.24, 2.45) is 21.6 Å². The topological polar surface area (TPSA) is 50.7 Å². The number of rotatable bonds is 4. The van der Waals surface area contributed by atoms with E-state index in [0.29, 0.717) is 0 Å². The van der Waals surface area contributed by atoms with Crippen LogP contribution in [-0.4, -0.2) is 12.2 Å². The van der Waals surface area contributed by atoms with Crippen LogP contribution in [-0.2, 0) is 0 Å². The Hall–Kier alpha value is -2.16. The normalized spacial score (nSPS) is 14.3. The molecule has 0 radical (unpaired) electrons. The average Bonchev–Trinajstić information content (AvgIpc) is 2.45. The van der Waals surface area contributed by atoms with E-state index >= 15 is 0 Å². The van der Waals surface area contributed by atoms with Crippen LogP contribution < -0.4 is 5.73 Å². The maximum atomic E-state index is 5.88. The van der Waals surface area contributed by atoms with Gasteiger partial charge in [-0.15, -0.1) is 0 Å². The average molecular weight is 283 g/mol. The van der Waals surface area contributed by atoms with E-state index in [9.17, 15) is 0 Å². The minimum Gasteiger partial charge on any atom is -0.368 e. The lowest BCUT2D eigenvalue weighted by molar-refractivity contribution is 0.759. The van der Waals surface area contributed by atoms with Gasteiger partial charge in [0.05, 0.1) is 5.70 Å². The largest absolute Gasteiger partial charge is 0.368 e. The molecule has 0 spiro atoms. The number of hydrogen-bond donors (Lipinski definition) is 1. The Balaban J connectivity index is 3.18. The lowest BCUT2D eigenvalue weighted by Gasteiger charge is -2.12. The molecule has 0 amide bonds. The van der Waals surface area contributed by atoms with Gasteiger partial charge in [-0.05, 0) is 43.9 Å². The number of benzene rings is 1. The van der Waals surface area contributed by atoms with E-state index in [4.69, 9.17) is 5.73 Å². The van der Waals surface area contributed by atoms with Crippen molar-refractivity contribution >= 4 is 17.7 Å². The Kier molecular flexibility index (Phi) is 6.60. The highest BCUT2D eigenvalue weighted by atomic mass is 15.0. The van der Waals surface area contributed by atoms with Gasteiger partial charge in [-0.1, -0.05) is 49.8 Å². The fourth-order valence-corrected chi connectivity index (χ4v) is 1.96. The van der Waals surface area contributed by atoms with E-state index in [0.717, 1.165) is 11.3 Å². The summed E-state index contributed by atoms with van der Waals surface area (Å²) >= 11 is 0. The molecule has 112 valence electrons. The molecule has 0 fully saturated rings. The lowest BCUT2D eigenvalue weighted by Crippen LogP contribution is -2.10. The summed E-state index contributed by atoms with van der Waals surface area (Å²) in [5.74, 6) is 0.560. The Morgan fingerprint density at radius 3 is 2.33 bits per heavy atom. The van der Waals surface area contributed by atoms with Gasteiger partial charge in [0.2, 0.25) is 5.96 Å². The molecule has 0 aliphatic carbocycles. The second kappa shape index (κ2) is 8.20. The number of hydrogen-bond acceptors (Lipinski definition) is 1. The smallest absolute Gasteiger partial charge is 0.220 e. The summed E-state index contributed by atoms with van der Waals surface area (Å²) in [5.41, 5.74) is 10.4. The van der Waals surface area contributed by atoms with Crippen molar-refractivity contribution in [2.75, 3.05) is 0 Å². The highest BCUT2D eigenvalue weighted by Gasteiger charge is 2.09. The molecule has 0 bridgehead atoms. The van der Waals surface area contributed by atoms with E-state index in [1.165, 1.54) is 11.1 Å². The van der Waals surface area contributed by atoms with Gasteiger partial charge in [-0.3, -0.25) is 0 Å². The molecule has 0 aromatic heterocycles. The molecule has 0 aliphatic heterocycles. The van der Waals surface area contributed by atoms with Gasteiger partial charge < -0.3 is 5.73 Å².